The first-order chi connectivity index (χ1) is 10.2. The maximum atomic E-state index is 12.2. The molecule has 5 N–H and O–H groups in total. The van der Waals surface area contributed by atoms with Gasteiger partial charge in [0, 0.05) is 14.1 Å². The smallest absolute Gasteiger partial charge is 0.333 e. The highest BCUT2D eigenvalue weighted by Gasteiger charge is 2.46. The fourth-order valence-electron chi connectivity index (χ4n) is 2.45. The molecule has 1 fully saturated rings. The Balaban J connectivity index is 2.61. The van der Waals surface area contributed by atoms with Crippen LogP contribution in [0.4, 0.5) is 0 Å². The maximum absolute atomic E-state index is 12.2. The number of ether oxygens (including phenoxy) is 1. The number of hydrogen-bond donors (Lipinski definition) is 5. The van der Waals surface area contributed by atoms with Crippen molar-refractivity contribution in [2.45, 2.75) is 30.5 Å². The average Bonchev–Trinajstić information content (AvgIpc) is 2.51. The topological polar surface area (TPSA) is 154 Å². The molecule has 2 rings (SSSR count). The molecular weight excluding hydrogens is 300 g/mol. The number of nitrogens with zero attached hydrogens (tertiary/aromatic N) is 2. The van der Waals surface area contributed by atoms with Crippen LogP contribution in [-0.2, 0) is 18.8 Å². The number of aromatic hydroxyl groups is 1. The Labute approximate surface area is 124 Å². The zero-order chi connectivity index (χ0) is 16.8. The highest BCUT2D eigenvalue weighted by molar-refractivity contribution is 5.27. The van der Waals surface area contributed by atoms with Gasteiger partial charge in [-0.3, -0.25) is 13.9 Å². The van der Waals surface area contributed by atoms with E-state index in [9.17, 15) is 30.0 Å². The maximum Gasteiger partial charge on any atom is 0.333 e. The van der Waals surface area contributed by atoms with Crippen molar-refractivity contribution in [2.24, 2.45) is 14.1 Å². The summed E-state index contributed by atoms with van der Waals surface area (Å²) in [5.41, 5.74) is -2.14. The van der Waals surface area contributed by atoms with Gasteiger partial charge in [0.05, 0.1) is 6.61 Å². The van der Waals surface area contributed by atoms with Gasteiger partial charge in [0.1, 0.15) is 36.1 Å². The molecule has 22 heavy (non-hydrogen) atoms. The Hall–Kier alpha value is -1.72. The Bertz CT molecular complexity index is 679. The van der Waals surface area contributed by atoms with E-state index in [0.717, 1.165) is 4.57 Å². The minimum absolute atomic E-state index is 0.443. The Morgan fingerprint density at radius 3 is 2.18 bits per heavy atom. The van der Waals surface area contributed by atoms with Gasteiger partial charge in [-0.1, -0.05) is 0 Å². The molecule has 0 aromatic carbocycles. The highest BCUT2D eigenvalue weighted by atomic mass is 16.5. The zero-order valence-corrected chi connectivity index (χ0v) is 11.9. The lowest BCUT2D eigenvalue weighted by atomic mass is 9.92. The fourth-order valence-corrected chi connectivity index (χ4v) is 2.45. The van der Waals surface area contributed by atoms with Crippen LogP contribution in [0.25, 0.3) is 0 Å². The molecule has 0 spiro atoms. The van der Waals surface area contributed by atoms with Crippen LogP contribution in [0.5, 0.6) is 5.88 Å². The van der Waals surface area contributed by atoms with E-state index in [1.165, 1.54) is 14.1 Å². The highest BCUT2D eigenvalue weighted by Crippen LogP contribution is 2.33. The minimum atomic E-state index is -1.73. The van der Waals surface area contributed by atoms with Crippen LogP contribution in [0.2, 0.25) is 0 Å². The third-order valence-electron chi connectivity index (χ3n) is 3.84. The molecule has 1 aromatic rings. The molecule has 5 atom stereocenters. The number of aliphatic hydroxyl groups is 4. The molecule has 124 valence electrons. The molecular formula is C12H18N2O8. The van der Waals surface area contributed by atoms with Gasteiger partial charge in [-0.2, -0.15) is 0 Å². The molecule has 1 aliphatic rings. The van der Waals surface area contributed by atoms with Gasteiger partial charge in [0.25, 0.3) is 5.56 Å². The summed E-state index contributed by atoms with van der Waals surface area (Å²) in [5, 5.41) is 48.6. The zero-order valence-electron chi connectivity index (χ0n) is 11.9. The van der Waals surface area contributed by atoms with Gasteiger partial charge in [-0.05, 0) is 0 Å². The van der Waals surface area contributed by atoms with Crippen LogP contribution in [0.1, 0.15) is 11.7 Å². The van der Waals surface area contributed by atoms with Crippen LogP contribution in [0.3, 0.4) is 0 Å². The standard InChI is InChI=1S/C12H18N2O8/c1-13-10(19)5(11(20)14(2)12(13)21)9-8(18)7(17)6(16)4(3-15)22-9/h4,6-9,15-19H,3H2,1-2H3/t4-,6+,7+,8-,9?/m1/s1. The number of aliphatic hydroxyl groups excluding tert-OH is 4. The largest absolute Gasteiger partial charge is 0.494 e. The molecule has 0 saturated carbocycles. The third kappa shape index (κ3) is 2.34. The van der Waals surface area contributed by atoms with E-state index in [2.05, 4.69) is 0 Å². The van der Waals surface area contributed by atoms with E-state index >= 15 is 0 Å². The predicted octanol–water partition coefficient (Wildman–Crippen LogP) is -3.70. The first-order valence-electron chi connectivity index (χ1n) is 6.51. The predicted molar refractivity (Wildman–Crippen MR) is 71.3 cm³/mol. The first kappa shape index (κ1) is 16.6. The van der Waals surface area contributed by atoms with Crippen molar-refractivity contribution in [1.29, 1.82) is 0 Å². The summed E-state index contributed by atoms with van der Waals surface area (Å²) in [4.78, 5) is 23.9. The van der Waals surface area contributed by atoms with Crippen LogP contribution in [0, 0.1) is 0 Å². The second kappa shape index (κ2) is 5.82. The minimum Gasteiger partial charge on any atom is -0.494 e. The molecule has 0 aliphatic carbocycles. The van der Waals surface area contributed by atoms with Crippen LogP contribution < -0.4 is 11.2 Å². The normalized spacial score (nSPS) is 32.2. The van der Waals surface area contributed by atoms with E-state index in [4.69, 9.17) is 9.84 Å². The lowest BCUT2D eigenvalue weighted by molar-refractivity contribution is -0.232. The quantitative estimate of drug-likeness (QED) is 0.373. The summed E-state index contributed by atoms with van der Waals surface area (Å²) >= 11 is 0. The molecule has 1 unspecified atom stereocenters. The van der Waals surface area contributed by atoms with Crippen LogP contribution in [0.15, 0.2) is 9.59 Å². The second-order valence-electron chi connectivity index (χ2n) is 5.19. The van der Waals surface area contributed by atoms with E-state index in [0.29, 0.717) is 4.57 Å². The molecule has 1 aromatic heterocycles. The summed E-state index contributed by atoms with van der Waals surface area (Å²) in [5.74, 6) is -0.725. The summed E-state index contributed by atoms with van der Waals surface area (Å²) in [7, 11) is 2.39. The van der Waals surface area contributed by atoms with Gasteiger partial charge in [0.15, 0.2) is 0 Å². The second-order valence-corrected chi connectivity index (χ2v) is 5.19. The Morgan fingerprint density at radius 2 is 1.64 bits per heavy atom. The molecule has 1 saturated heterocycles. The summed E-state index contributed by atoms with van der Waals surface area (Å²) in [6.45, 7) is -0.672. The van der Waals surface area contributed by atoms with Gasteiger partial charge < -0.3 is 30.3 Å². The van der Waals surface area contributed by atoms with Crippen molar-refractivity contribution in [1.82, 2.24) is 9.13 Å². The monoisotopic (exact) mass is 318 g/mol. The SMILES string of the molecule is Cn1c(O)c(C2O[C@H](CO)[C@H](O)[C@H](O)[C@H]2O)c(=O)n(C)c1=O. The average molecular weight is 318 g/mol. The molecule has 0 radical (unpaired) electrons. The van der Waals surface area contributed by atoms with E-state index < -0.39 is 59.8 Å². The first-order valence-corrected chi connectivity index (χ1v) is 6.51. The molecule has 1 aliphatic heterocycles. The van der Waals surface area contributed by atoms with Crippen molar-refractivity contribution in [2.75, 3.05) is 6.61 Å². The van der Waals surface area contributed by atoms with Crippen molar-refractivity contribution < 1.29 is 30.3 Å². The fraction of sp³-hybridized carbons (Fsp3) is 0.667. The summed E-state index contributed by atoms with van der Waals surface area (Å²) in [6.07, 6.45) is -7.76. The van der Waals surface area contributed by atoms with Gasteiger partial charge in [-0.15, -0.1) is 0 Å². The number of aromatic nitrogens is 2. The summed E-state index contributed by atoms with van der Waals surface area (Å²) in [6, 6.07) is 0. The van der Waals surface area contributed by atoms with E-state index in [1.54, 1.807) is 0 Å². The van der Waals surface area contributed by atoms with Crippen molar-refractivity contribution in [3.05, 3.63) is 26.4 Å². The van der Waals surface area contributed by atoms with Crippen molar-refractivity contribution in [3.63, 3.8) is 0 Å². The Morgan fingerprint density at radius 1 is 1.05 bits per heavy atom. The molecule has 0 amide bonds. The molecule has 2 heterocycles. The van der Waals surface area contributed by atoms with E-state index in [-0.39, 0.29) is 0 Å². The molecule has 10 heteroatoms. The summed E-state index contributed by atoms with van der Waals surface area (Å²) < 4.78 is 6.71. The van der Waals surface area contributed by atoms with Crippen LogP contribution >= 0.6 is 0 Å². The van der Waals surface area contributed by atoms with Gasteiger partial charge >= 0.3 is 5.69 Å². The van der Waals surface area contributed by atoms with E-state index in [1.807, 2.05) is 0 Å². The lowest BCUT2D eigenvalue weighted by Crippen LogP contribution is -2.56. The lowest BCUT2D eigenvalue weighted by Gasteiger charge is -2.40. The Kier molecular flexibility index (Phi) is 4.40. The van der Waals surface area contributed by atoms with Crippen molar-refractivity contribution in [3.8, 4) is 5.88 Å². The van der Waals surface area contributed by atoms with Gasteiger partial charge in [-0.25, -0.2) is 4.79 Å². The molecule has 0 bridgehead atoms. The number of hydrogen-bond acceptors (Lipinski definition) is 8. The van der Waals surface area contributed by atoms with Gasteiger partial charge in [0.2, 0.25) is 5.88 Å². The molecule has 10 nitrogen and oxygen atoms in total. The third-order valence-corrected chi connectivity index (χ3v) is 3.84. The number of rotatable bonds is 2. The van der Waals surface area contributed by atoms with Crippen molar-refractivity contribution >= 4 is 0 Å². The van der Waals surface area contributed by atoms with Crippen LogP contribution in [-0.4, -0.2) is 65.7 Å².